The highest BCUT2D eigenvalue weighted by Crippen LogP contribution is 2.30. The molecule has 0 atom stereocenters. The Balaban J connectivity index is 2.01. The molecule has 2 aromatic rings. The SMILES string of the molecule is CCC(C#N)(CC)CCOc1ccc2ccccc2c1. The molecule has 0 spiro atoms. The second-order valence-electron chi connectivity index (χ2n) is 5.21. The maximum Gasteiger partial charge on any atom is 0.119 e. The van der Waals surface area contributed by atoms with Gasteiger partial charge >= 0.3 is 0 Å². The fourth-order valence-electron chi connectivity index (χ4n) is 2.44. The second-order valence-corrected chi connectivity index (χ2v) is 5.21. The van der Waals surface area contributed by atoms with Gasteiger partial charge in [0.15, 0.2) is 0 Å². The molecule has 104 valence electrons. The van der Waals surface area contributed by atoms with Crippen LogP contribution in [-0.2, 0) is 0 Å². The van der Waals surface area contributed by atoms with Crippen molar-refractivity contribution in [3.63, 3.8) is 0 Å². The van der Waals surface area contributed by atoms with Crippen molar-refractivity contribution in [3.8, 4) is 11.8 Å². The van der Waals surface area contributed by atoms with Gasteiger partial charge in [0, 0.05) is 6.42 Å². The number of nitriles is 1. The first-order chi connectivity index (χ1) is 9.73. The van der Waals surface area contributed by atoms with Crippen LogP contribution in [0.3, 0.4) is 0 Å². The van der Waals surface area contributed by atoms with Gasteiger partial charge in [-0.15, -0.1) is 0 Å². The van der Waals surface area contributed by atoms with E-state index in [2.05, 4.69) is 44.2 Å². The Labute approximate surface area is 121 Å². The lowest BCUT2D eigenvalue weighted by molar-refractivity contribution is 0.231. The molecule has 2 nitrogen and oxygen atoms in total. The van der Waals surface area contributed by atoms with E-state index < -0.39 is 0 Å². The second kappa shape index (κ2) is 6.43. The molecule has 20 heavy (non-hydrogen) atoms. The maximum absolute atomic E-state index is 9.31. The van der Waals surface area contributed by atoms with E-state index in [1.54, 1.807) is 0 Å². The van der Waals surface area contributed by atoms with Crippen molar-refractivity contribution in [3.05, 3.63) is 42.5 Å². The van der Waals surface area contributed by atoms with Crippen molar-refractivity contribution in [2.24, 2.45) is 5.41 Å². The van der Waals surface area contributed by atoms with Crippen molar-refractivity contribution in [1.82, 2.24) is 0 Å². The van der Waals surface area contributed by atoms with Gasteiger partial charge in [0.2, 0.25) is 0 Å². The third kappa shape index (κ3) is 3.11. The monoisotopic (exact) mass is 267 g/mol. The third-order valence-corrected chi connectivity index (χ3v) is 4.16. The van der Waals surface area contributed by atoms with Crippen LogP contribution in [0.2, 0.25) is 0 Å². The average Bonchev–Trinajstić information content (AvgIpc) is 2.52. The average molecular weight is 267 g/mol. The van der Waals surface area contributed by atoms with Crippen molar-refractivity contribution in [2.45, 2.75) is 33.1 Å². The van der Waals surface area contributed by atoms with Crippen molar-refractivity contribution >= 4 is 10.8 Å². The normalized spacial score (nSPS) is 11.2. The van der Waals surface area contributed by atoms with Crippen LogP contribution in [0.4, 0.5) is 0 Å². The van der Waals surface area contributed by atoms with Crippen LogP contribution in [-0.4, -0.2) is 6.61 Å². The van der Waals surface area contributed by atoms with E-state index in [-0.39, 0.29) is 5.41 Å². The predicted octanol–water partition coefficient (Wildman–Crippen LogP) is 4.94. The van der Waals surface area contributed by atoms with Crippen LogP contribution in [0.1, 0.15) is 33.1 Å². The van der Waals surface area contributed by atoms with Crippen molar-refractivity contribution < 1.29 is 4.74 Å². The molecule has 0 bridgehead atoms. The topological polar surface area (TPSA) is 33.0 Å². The molecule has 0 amide bonds. The minimum atomic E-state index is -0.239. The third-order valence-electron chi connectivity index (χ3n) is 4.16. The van der Waals surface area contributed by atoms with Gasteiger partial charge in [0.1, 0.15) is 5.75 Å². The Hall–Kier alpha value is -2.01. The Bertz CT molecular complexity index is 608. The summed E-state index contributed by atoms with van der Waals surface area (Å²) < 4.78 is 5.82. The van der Waals surface area contributed by atoms with E-state index >= 15 is 0 Å². The minimum Gasteiger partial charge on any atom is -0.494 e. The van der Waals surface area contributed by atoms with E-state index in [4.69, 9.17) is 4.74 Å². The van der Waals surface area contributed by atoms with E-state index in [1.165, 1.54) is 10.8 Å². The molecule has 2 heteroatoms. The van der Waals surface area contributed by atoms with Crippen molar-refractivity contribution in [1.29, 1.82) is 5.26 Å². The van der Waals surface area contributed by atoms with Crippen molar-refractivity contribution in [2.75, 3.05) is 6.61 Å². The molecule has 0 unspecified atom stereocenters. The Morgan fingerprint density at radius 2 is 1.75 bits per heavy atom. The van der Waals surface area contributed by atoms with Gasteiger partial charge in [-0.05, 0) is 35.7 Å². The maximum atomic E-state index is 9.31. The zero-order valence-electron chi connectivity index (χ0n) is 12.2. The number of hydrogen-bond donors (Lipinski definition) is 0. The molecule has 0 aliphatic heterocycles. The first-order valence-corrected chi connectivity index (χ1v) is 7.26. The molecule has 2 rings (SSSR count). The Kier molecular flexibility index (Phi) is 4.63. The Morgan fingerprint density at radius 3 is 2.40 bits per heavy atom. The summed E-state index contributed by atoms with van der Waals surface area (Å²) in [6, 6.07) is 16.8. The Morgan fingerprint density at radius 1 is 1.05 bits per heavy atom. The molecule has 0 saturated heterocycles. The van der Waals surface area contributed by atoms with Gasteiger partial charge in [-0.3, -0.25) is 0 Å². The standard InChI is InChI=1S/C18H21NO/c1-3-18(4-2,14-19)11-12-20-17-10-9-15-7-5-6-8-16(15)13-17/h5-10,13H,3-4,11-12H2,1-2H3. The minimum absolute atomic E-state index is 0.239. The van der Waals surface area contributed by atoms with E-state index in [0.29, 0.717) is 6.61 Å². The zero-order valence-corrected chi connectivity index (χ0v) is 12.2. The number of hydrogen-bond acceptors (Lipinski definition) is 2. The van der Waals surface area contributed by atoms with Gasteiger partial charge in [-0.1, -0.05) is 44.2 Å². The molecule has 0 aromatic heterocycles. The van der Waals surface area contributed by atoms with Crippen LogP contribution in [0, 0.1) is 16.7 Å². The summed E-state index contributed by atoms with van der Waals surface area (Å²) in [5.74, 6) is 0.878. The smallest absolute Gasteiger partial charge is 0.119 e. The highest BCUT2D eigenvalue weighted by molar-refractivity contribution is 5.83. The van der Waals surface area contributed by atoms with Crippen LogP contribution in [0.5, 0.6) is 5.75 Å². The number of rotatable bonds is 6. The molecule has 0 heterocycles. The zero-order chi connectivity index (χ0) is 14.4. The molecule has 2 aromatic carbocycles. The summed E-state index contributed by atoms with van der Waals surface area (Å²) in [7, 11) is 0. The van der Waals surface area contributed by atoms with Crippen LogP contribution in [0.15, 0.2) is 42.5 Å². The number of ether oxygens (including phenoxy) is 1. The predicted molar refractivity (Wildman–Crippen MR) is 82.7 cm³/mol. The molecule has 0 saturated carbocycles. The van der Waals surface area contributed by atoms with E-state index in [9.17, 15) is 5.26 Å². The summed E-state index contributed by atoms with van der Waals surface area (Å²) in [6.07, 6.45) is 2.53. The molecule has 0 fully saturated rings. The summed E-state index contributed by atoms with van der Waals surface area (Å²) in [5.41, 5.74) is -0.239. The lowest BCUT2D eigenvalue weighted by atomic mass is 9.81. The van der Waals surface area contributed by atoms with Crippen LogP contribution in [0.25, 0.3) is 10.8 Å². The number of benzene rings is 2. The highest BCUT2D eigenvalue weighted by atomic mass is 16.5. The number of nitrogens with zero attached hydrogens (tertiary/aromatic N) is 1. The van der Waals surface area contributed by atoms with Crippen LogP contribution < -0.4 is 4.74 Å². The summed E-state index contributed by atoms with van der Waals surface area (Å²) in [4.78, 5) is 0. The summed E-state index contributed by atoms with van der Waals surface area (Å²) >= 11 is 0. The first kappa shape index (κ1) is 14.4. The lowest BCUT2D eigenvalue weighted by Crippen LogP contribution is -2.19. The van der Waals surface area contributed by atoms with Gasteiger partial charge in [-0.25, -0.2) is 0 Å². The molecular weight excluding hydrogens is 246 g/mol. The van der Waals surface area contributed by atoms with Gasteiger partial charge in [-0.2, -0.15) is 5.26 Å². The largest absolute Gasteiger partial charge is 0.494 e. The quantitative estimate of drug-likeness (QED) is 0.742. The number of fused-ring (bicyclic) bond motifs is 1. The van der Waals surface area contributed by atoms with Gasteiger partial charge in [0.05, 0.1) is 18.1 Å². The van der Waals surface area contributed by atoms with Gasteiger partial charge < -0.3 is 4.74 Å². The molecule has 0 N–H and O–H groups in total. The highest BCUT2D eigenvalue weighted by Gasteiger charge is 2.25. The van der Waals surface area contributed by atoms with E-state index in [0.717, 1.165) is 25.0 Å². The fourth-order valence-corrected chi connectivity index (χ4v) is 2.44. The fraction of sp³-hybridized carbons (Fsp3) is 0.389. The molecule has 0 aliphatic rings. The van der Waals surface area contributed by atoms with E-state index in [1.807, 2.05) is 18.2 Å². The molecule has 0 aliphatic carbocycles. The molecule has 0 radical (unpaired) electrons. The lowest BCUT2D eigenvalue weighted by Gasteiger charge is -2.23. The summed E-state index contributed by atoms with van der Waals surface area (Å²) in [5, 5.41) is 11.7. The van der Waals surface area contributed by atoms with Gasteiger partial charge in [0.25, 0.3) is 0 Å². The molecular formula is C18H21NO. The first-order valence-electron chi connectivity index (χ1n) is 7.26. The van der Waals surface area contributed by atoms with Crippen LogP contribution >= 0.6 is 0 Å². The summed E-state index contributed by atoms with van der Waals surface area (Å²) in [6.45, 7) is 4.74.